The Labute approximate surface area is 156 Å². The van der Waals surface area contributed by atoms with Crippen molar-refractivity contribution in [2.45, 2.75) is 96.1 Å². The van der Waals surface area contributed by atoms with Crippen molar-refractivity contribution in [3.05, 3.63) is 12.7 Å². The standard InChI is InChI=1S/C19H37NO.C3H4O/c1-3-4-5-6-15-21-19-13-9-17(10-14-19)16-7-11-18(20-2)12-8-16;1-2-3-4/h16-20H,3-15H2,1-2H3;2-3H,1H2. The third-order valence-corrected chi connectivity index (χ3v) is 6.01. The number of carbonyl (C=O) groups excluding carboxylic acids is 1. The van der Waals surface area contributed by atoms with Crippen molar-refractivity contribution in [1.82, 2.24) is 5.32 Å². The Morgan fingerprint density at radius 2 is 1.52 bits per heavy atom. The van der Waals surface area contributed by atoms with Gasteiger partial charge < -0.3 is 10.1 Å². The number of aldehydes is 1. The first-order valence-electron chi connectivity index (χ1n) is 10.6. The fraction of sp³-hybridized carbons (Fsp3) is 0.864. The van der Waals surface area contributed by atoms with Gasteiger partial charge in [0.2, 0.25) is 0 Å². The Morgan fingerprint density at radius 1 is 0.960 bits per heavy atom. The predicted octanol–water partition coefficient (Wildman–Crippen LogP) is 5.29. The van der Waals surface area contributed by atoms with Crippen molar-refractivity contribution in [2.24, 2.45) is 11.8 Å². The molecule has 0 amide bonds. The zero-order valence-electron chi connectivity index (χ0n) is 16.7. The number of hydrogen-bond acceptors (Lipinski definition) is 3. The summed E-state index contributed by atoms with van der Waals surface area (Å²) in [5, 5.41) is 3.45. The Kier molecular flexibility index (Phi) is 13.0. The van der Waals surface area contributed by atoms with Gasteiger partial charge in [0.15, 0.2) is 0 Å². The first kappa shape index (κ1) is 22.4. The van der Waals surface area contributed by atoms with E-state index in [1.54, 1.807) is 0 Å². The molecule has 2 aliphatic rings. The van der Waals surface area contributed by atoms with Crippen LogP contribution in [0.25, 0.3) is 0 Å². The summed E-state index contributed by atoms with van der Waals surface area (Å²) in [5.41, 5.74) is 0. The second-order valence-corrected chi connectivity index (χ2v) is 7.74. The highest BCUT2D eigenvalue weighted by Gasteiger charge is 2.30. The maximum Gasteiger partial charge on any atom is 0.142 e. The molecule has 0 aromatic heterocycles. The highest BCUT2D eigenvalue weighted by atomic mass is 16.5. The fourth-order valence-corrected chi connectivity index (χ4v) is 4.38. The highest BCUT2D eigenvalue weighted by molar-refractivity contribution is 5.63. The SMILES string of the molecule is C=CC=O.CCCCCCOC1CCC(C2CCC(NC)CC2)CC1. The molecule has 0 bridgehead atoms. The van der Waals surface area contributed by atoms with Crippen LogP contribution in [0.5, 0.6) is 0 Å². The van der Waals surface area contributed by atoms with Crippen molar-refractivity contribution in [2.75, 3.05) is 13.7 Å². The van der Waals surface area contributed by atoms with E-state index in [2.05, 4.69) is 25.9 Å². The molecule has 0 spiro atoms. The molecule has 0 aliphatic heterocycles. The fourth-order valence-electron chi connectivity index (χ4n) is 4.38. The van der Waals surface area contributed by atoms with E-state index < -0.39 is 0 Å². The Balaban J connectivity index is 0.000000705. The van der Waals surface area contributed by atoms with Crippen LogP contribution in [0.2, 0.25) is 0 Å². The van der Waals surface area contributed by atoms with Gasteiger partial charge in [0, 0.05) is 12.6 Å². The van der Waals surface area contributed by atoms with E-state index in [0.717, 1.165) is 24.5 Å². The smallest absolute Gasteiger partial charge is 0.142 e. The van der Waals surface area contributed by atoms with E-state index >= 15 is 0 Å². The van der Waals surface area contributed by atoms with Gasteiger partial charge in [-0.15, -0.1) is 0 Å². The number of ether oxygens (including phenoxy) is 1. The number of carbonyl (C=O) groups is 1. The van der Waals surface area contributed by atoms with Crippen LogP contribution in [0.1, 0.15) is 84.0 Å². The largest absolute Gasteiger partial charge is 0.378 e. The molecule has 0 aromatic carbocycles. The van der Waals surface area contributed by atoms with Crippen molar-refractivity contribution in [3.8, 4) is 0 Å². The molecule has 146 valence electrons. The minimum atomic E-state index is 0.580. The molecule has 0 unspecified atom stereocenters. The molecule has 3 heteroatoms. The van der Waals surface area contributed by atoms with Gasteiger partial charge in [-0.2, -0.15) is 0 Å². The van der Waals surface area contributed by atoms with E-state index in [4.69, 9.17) is 9.53 Å². The molecular formula is C22H41NO2. The number of unbranched alkanes of at least 4 members (excludes halogenated alkanes) is 3. The van der Waals surface area contributed by atoms with Gasteiger partial charge in [-0.1, -0.05) is 32.8 Å². The van der Waals surface area contributed by atoms with Crippen molar-refractivity contribution < 1.29 is 9.53 Å². The second-order valence-electron chi connectivity index (χ2n) is 7.74. The number of rotatable bonds is 9. The number of allylic oxidation sites excluding steroid dienone is 1. The van der Waals surface area contributed by atoms with Gasteiger partial charge in [-0.25, -0.2) is 0 Å². The summed E-state index contributed by atoms with van der Waals surface area (Å²) in [6, 6.07) is 0.795. The third kappa shape index (κ3) is 9.55. The van der Waals surface area contributed by atoms with Crippen LogP contribution in [-0.2, 0) is 9.53 Å². The lowest BCUT2D eigenvalue weighted by Gasteiger charge is -2.37. The van der Waals surface area contributed by atoms with Crippen LogP contribution in [0.15, 0.2) is 12.7 Å². The van der Waals surface area contributed by atoms with Gasteiger partial charge in [0.1, 0.15) is 6.29 Å². The maximum absolute atomic E-state index is 9.06. The molecule has 2 saturated carbocycles. The van der Waals surface area contributed by atoms with E-state index in [-0.39, 0.29) is 0 Å². The van der Waals surface area contributed by atoms with Crippen LogP contribution < -0.4 is 5.32 Å². The molecule has 0 atom stereocenters. The van der Waals surface area contributed by atoms with E-state index in [9.17, 15) is 0 Å². The highest BCUT2D eigenvalue weighted by Crippen LogP contribution is 2.38. The summed E-state index contributed by atoms with van der Waals surface area (Å²) in [6.07, 6.45) is 18.9. The normalized spacial score (nSPS) is 29.4. The molecule has 1 N–H and O–H groups in total. The Morgan fingerprint density at radius 3 is 2.00 bits per heavy atom. The number of hydrogen-bond donors (Lipinski definition) is 1. The lowest BCUT2D eigenvalue weighted by molar-refractivity contribution is -0.104. The third-order valence-electron chi connectivity index (χ3n) is 6.01. The second kappa shape index (κ2) is 14.5. The average molecular weight is 352 g/mol. The molecule has 0 radical (unpaired) electrons. The maximum atomic E-state index is 9.06. The molecule has 2 aliphatic carbocycles. The predicted molar refractivity (Wildman–Crippen MR) is 107 cm³/mol. The molecular weight excluding hydrogens is 310 g/mol. The van der Waals surface area contributed by atoms with Gasteiger partial charge in [0.25, 0.3) is 0 Å². The van der Waals surface area contributed by atoms with Gasteiger partial charge >= 0.3 is 0 Å². The summed E-state index contributed by atoms with van der Waals surface area (Å²) >= 11 is 0. The molecule has 3 nitrogen and oxygen atoms in total. The van der Waals surface area contributed by atoms with Crippen LogP contribution in [-0.4, -0.2) is 32.1 Å². The Bertz CT molecular complexity index is 323. The summed E-state index contributed by atoms with van der Waals surface area (Å²) in [4.78, 5) is 9.06. The van der Waals surface area contributed by atoms with Crippen molar-refractivity contribution >= 4 is 6.29 Å². The topological polar surface area (TPSA) is 38.3 Å². The van der Waals surface area contributed by atoms with Crippen LogP contribution >= 0.6 is 0 Å². The van der Waals surface area contributed by atoms with Crippen LogP contribution in [0, 0.1) is 11.8 Å². The lowest BCUT2D eigenvalue weighted by Crippen LogP contribution is -2.34. The lowest BCUT2D eigenvalue weighted by atomic mass is 9.72. The van der Waals surface area contributed by atoms with E-state index in [1.165, 1.54) is 83.1 Å². The van der Waals surface area contributed by atoms with Crippen LogP contribution in [0.3, 0.4) is 0 Å². The monoisotopic (exact) mass is 351 g/mol. The van der Waals surface area contributed by atoms with Crippen molar-refractivity contribution in [1.29, 1.82) is 0 Å². The first-order valence-corrected chi connectivity index (χ1v) is 10.6. The van der Waals surface area contributed by atoms with E-state index in [0.29, 0.717) is 12.4 Å². The molecule has 0 saturated heterocycles. The average Bonchev–Trinajstić information content (AvgIpc) is 2.68. The van der Waals surface area contributed by atoms with Crippen LogP contribution in [0.4, 0.5) is 0 Å². The first-order chi connectivity index (χ1) is 12.2. The minimum absolute atomic E-state index is 0.580. The quantitative estimate of drug-likeness (QED) is 0.348. The zero-order valence-corrected chi connectivity index (χ0v) is 16.7. The summed E-state index contributed by atoms with van der Waals surface area (Å²) in [5.74, 6) is 2.02. The molecule has 0 aromatic rings. The van der Waals surface area contributed by atoms with Gasteiger partial charge in [-0.3, -0.25) is 4.79 Å². The zero-order chi connectivity index (χ0) is 18.3. The molecule has 2 fully saturated rings. The molecule has 0 heterocycles. The minimum Gasteiger partial charge on any atom is -0.378 e. The molecule has 25 heavy (non-hydrogen) atoms. The van der Waals surface area contributed by atoms with Gasteiger partial charge in [0.05, 0.1) is 6.10 Å². The Hall–Kier alpha value is -0.670. The van der Waals surface area contributed by atoms with E-state index in [1.807, 2.05) is 0 Å². The van der Waals surface area contributed by atoms with Crippen molar-refractivity contribution in [3.63, 3.8) is 0 Å². The number of nitrogens with one attached hydrogen (secondary N) is 1. The summed E-state index contributed by atoms with van der Waals surface area (Å²) in [7, 11) is 2.12. The molecule has 2 rings (SSSR count). The summed E-state index contributed by atoms with van der Waals surface area (Å²) < 4.78 is 6.09. The van der Waals surface area contributed by atoms with Gasteiger partial charge in [-0.05, 0) is 82.7 Å². The summed E-state index contributed by atoms with van der Waals surface area (Å²) in [6.45, 7) is 6.38.